The fraction of sp³-hybridized carbons (Fsp3) is 0.409. The monoisotopic (exact) mass is 366 g/mol. The van der Waals surface area contributed by atoms with Crippen LogP contribution in [0.1, 0.15) is 24.5 Å². The Morgan fingerprint density at radius 2 is 1.63 bits per heavy atom. The molecule has 2 aromatic carbocycles. The van der Waals surface area contributed by atoms with E-state index in [0.717, 1.165) is 37.2 Å². The number of aliphatic hydroxyl groups is 1. The van der Waals surface area contributed by atoms with Gasteiger partial charge < -0.3 is 19.6 Å². The molecule has 2 aliphatic heterocycles. The van der Waals surface area contributed by atoms with E-state index in [1.165, 1.54) is 0 Å². The number of nitrogens with zero attached hydrogens (tertiary/aromatic N) is 2. The Labute approximate surface area is 160 Å². The number of piperidine rings is 1. The standard InChI is InChI=1S/C22H26N2O3/c25-20(18-7-3-1-4-8-18)15-23-13-11-22(12-14-23)17-24(21(26)16-27-22)19-9-5-2-6-10-19/h1-10,20,25H,11-17H2. The molecular formula is C22H26N2O3. The van der Waals surface area contributed by atoms with Gasteiger partial charge >= 0.3 is 0 Å². The first-order chi connectivity index (χ1) is 13.2. The van der Waals surface area contributed by atoms with Crippen LogP contribution in [0, 0.1) is 0 Å². The lowest BCUT2D eigenvalue weighted by Gasteiger charge is -2.47. The van der Waals surface area contributed by atoms with E-state index in [1.54, 1.807) is 0 Å². The molecule has 2 aliphatic rings. The van der Waals surface area contributed by atoms with Gasteiger partial charge in [0.05, 0.1) is 18.2 Å². The van der Waals surface area contributed by atoms with E-state index in [-0.39, 0.29) is 18.1 Å². The number of morpholine rings is 1. The summed E-state index contributed by atoms with van der Waals surface area (Å²) in [5.41, 5.74) is 1.61. The topological polar surface area (TPSA) is 53.0 Å². The fourth-order valence-electron chi connectivity index (χ4n) is 4.03. The number of β-amino-alcohol motifs (C(OH)–C–C–N with tert-alkyl or cyclic N) is 1. The molecule has 5 nitrogen and oxygen atoms in total. The molecule has 1 unspecified atom stereocenters. The number of hydrogen-bond acceptors (Lipinski definition) is 4. The Kier molecular flexibility index (Phi) is 5.25. The SMILES string of the molecule is O=C1COC2(CCN(CC(O)c3ccccc3)CC2)CN1c1ccccc1. The summed E-state index contributed by atoms with van der Waals surface area (Å²) in [6.07, 6.45) is 1.26. The van der Waals surface area contributed by atoms with Crippen LogP contribution in [-0.4, -0.2) is 54.3 Å². The molecule has 0 bridgehead atoms. The van der Waals surface area contributed by atoms with Crippen molar-refractivity contribution in [2.24, 2.45) is 0 Å². The largest absolute Gasteiger partial charge is 0.387 e. The van der Waals surface area contributed by atoms with Gasteiger partial charge in [0.25, 0.3) is 5.91 Å². The molecule has 2 heterocycles. The first-order valence-corrected chi connectivity index (χ1v) is 9.60. The van der Waals surface area contributed by atoms with E-state index in [2.05, 4.69) is 4.90 Å². The summed E-state index contributed by atoms with van der Waals surface area (Å²) in [7, 11) is 0. The van der Waals surface area contributed by atoms with Crippen LogP contribution in [0.25, 0.3) is 0 Å². The Morgan fingerprint density at radius 1 is 1.00 bits per heavy atom. The molecular weight excluding hydrogens is 340 g/mol. The van der Waals surface area contributed by atoms with Gasteiger partial charge in [-0.1, -0.05) is 48.5 Å². The van der Waals surface area contributed by atoms with Gasteiger partial charge in [-0.05, 0) is 30.5 Å². The van der Waals surface area contributed by atoms with Crippen molar-refractivity contribution in [1.82, 2.24) is 4.90 Å². The molecule has 1 N–H and O–H groups in total. The number of benzene rings is 2. The number of likely N-dealkylation sites (tertiary alicyclic amines) is 1. The van der Waals surface area contributed by atoms with Crippen molar-refractivity contribution in [3.05, 3.63) is 66.2 Å². The van der Waals surface area contributed by atoms with Crippen molar-refractivity contribution in [3.63, 3.8) is 0 Å². The lowest BCUT2D eigenvalue weighted by molar-refractivity contribution is -0.145. The average Bonchev–Trinajstić information content (AvgIpc) is 2.73. The van der Waals surface area contributed by atoms with Gasteiger partial charge in [0, 0.05) is 25.3 Å². The van der Waals surface area contributed by atoms with Gasteiger partial charge in [0.15, 0.2) is 0 Å². The van der Waals surface area contributed by atoms with Crippen LogP contribution in [0.3, 0.4) is 0 Å². The summed E-state index contributed by atoms with van der Waals surface area (Å²) in [5.74, 6) is 0.0220. The summed E-state index contributed by atoms with van der Waals surface area (Å²) in [6.45, 7) is 3.09. The molecule has 1 amide bonds. The molecule has 4 rings (SSSR count). The molecule has 0 radical (unpaired) electrons. The lowest BCUT2D eigenvalue weighted by Crippen LogP contribution is -2.59. The second-order valence-electron chi connectivity index (χ2n) is 7.51. The van der Waals surface area contributed by atoms with E-state index < -0.39 is 6.10 Å². The normalized spacial score (nSPS) is 21.4. The van der Waals surface area contributed by atoms with Gasteiger partial charge in [-0.25, -0.2) is 0 Å². The van der Waals surface area contributed by atoms with Gasteiger partial charge in [0.1, 0.15) is 6.61 Å². The minimum absolute atomic E-state index is 0.0220. The van der Waals surface area contributed by atoms with E-state index in [1.807, 2.05) is 65.6 Å². The molecule has 0 saturated carbocycles. The molecule has 2 fully saturated rings. The Balaban J connectivity index is 1.37. The number of rotatable bonds is 4. The van der Waals surface area contributed by atoms with Crippen LogP contribution in [0.2, 0.25) is 0 Å². The summed E-state index contributed by atoms with van der Waals surface area (Å²) in [6, 6.07) is 19.6. The predicted octanol–water partition coefficient (Wildman–Crippen LogP) is 2.62. The molecule has 0 aliphatic carbocycles. The quantitative estimate of drug-likeness (QED) is 0.904. The molecule has 1 atom stereocenters. The Bertz CT molecular complexity index is 758. The maximum absolute atomic E-state index is 12.3. The number of aliphatic hydroxyl groups excluding tert-OH is 1. The van der Waals surface area contributed by atoms with Crippen molar-refractivity contribution >= 4 is 11.6 Å². The minimum Gasteiger partial charge on any atom is -0.387 e. The van der Waals surface area contributed by atoms with Crippen molar-refractivity contribution in [1.29, 1.82) is 0 Å². The second-order valence-corrected chi connectivity index (χ2v) is 7.51. The zero-order valence-electron chi connectivity index (χ0n) is 15.5. The van der Waals surface area contributed by atoms with Crippen molar-refractivity contribution in [2.45, 2.75) is 24.5 Å². The number of ether oxygens (including phenoxy) is 1. The number of carbonyl (C=O) groups excluding carboxylic acids is 1. The Morgan fingerprint density at radius 3 is 2.30 bits per heavy atom. The number of amides is 1. The third-order valence-corrected chi connectivity index (χ3v) is 5.70. The van der Waals surface area contributed by atoms with Crippen LogP contribution in [0.4, 0.5) is 5.69 Å². The maximum atomic E-state index is 12.3. The molecule has 5 heteroatoms. The number of anilines is 1. The Hall–Kier alpha value is -2.21. The number of hydrogen-bond donors (Lipinski definition) is 1. The lowest BCUT2D eigenvalue weighted by atomic mass is 9.88. The highest BCUT2D eigenvalue weighted by Crippen LogP contribution is 2.33. The van der Waals surface area contributed by atoms with E-state index in [0.29, 0.717) is 13.1 Å². The molecule has 27 heavy (non-hydrogen) atoms. The highest BCUT2D eigenvalue weighted by atomic mass is 16.5. The molecule has 2 aromatic rings. The van der Waals surface area contributed by atoms with Crippen LogP contribution in [0.15, 0.2) is 60.7 Å². The summed E-state index contributed by atoms with van der Waals surface area (Å²) >= 11 is 0. The molecule has 2 saturated heterocycles. The number of para-hydroxylation sites is 1. The van der Waals surface area contributed by atoms with E-state index in [4.69, 9.17) is 4.74 Å². The molecule has 142 valence electrons. The van der Waals surface area contributed by atoms with E-state index in [9.17, 15) is 9.90 Å². The summed E-state index contributed by atoms with van der Waals surface area (Å²) < 4.78 is 6.03. The van der Waals surface area contributed by atoms with Gasteiger partial charge in [-0.2, -0.15) is 0 Å². The van der Waals surface area contributed by atoms with Gasteiger partial charge in [-0.15, -0.1) is 0 Å². The van der Waals surface area contributed by atoms with Crippen LogP contribution in [0.5, 0.6) is 0 Å². The zero-order valence-corrected chi connectivity index (χ0v) is 15.5. The number of carbonyl (C=O) groups is 1. The minimum atomic E-state index is -0.477. The van der Waals surface area contributed by atoms with Gasteiger partial charge in [-0.3, -0.25) is 4.79 Å². The van der Waals surface area contributed by atoms with Crippen LogP contribution in [-0.2, 0) is 9.53 Å². The predicted molar refractivity (Wildman–Crippen MR) is 105 cm³/mol. The summed E-state index contributed by atoms with van der Waals surface area (Å²) in [4.78, 5) is 16.5. The van der Waals surface area contributed by atoms with Crippen LogP contribution >= 0.6 is 0 Å². The maximum Gasteiger partial charge on any atom is 0.253 e. The average molecular weight is 366 g/mol. The molecule has 1 spiro atoms. The molecule has 0 aromatic heterocycles. The summed E-state index contributed by atoms with van der Waals surface area (Å²) in [5, 5.41) is 10.5. The first kappa shape index (κ1) is 18.2. The van der Waals surface area contributed by atoms with Crippen LogP contribution < -0.4 is 4.90 Å². The highest BCUT2D eigenvalue weighted by Gasteiger charge is 2.42. The van der Waals surface area contributed by atoms with Crippen molar-refractivity contribution in [3.8, 4) is 0 Å². The van der Waals surface area contributed by atoms with E-state index >= 15 is 0 Å². The first-order valence-electron chi connectivity index (χ1n) is 9.60. The van der Waals surface area contributed by atoms with Gasteiger partial charge in [0.2, 0.25) is 0 Å². The smallest absolute Gasteiger partial charge is 0.253 e. The van der Waals surface area contributed by atoms with Crippen molar-refractivity contribution in [2.75, 3.05) is 37.7 Å². The third-order valence-electron chi connectivity index (χ3n) is 5.70. The van der Waals surface area contributed by atoms with Crippen molar-refractivity contribution < 1.29 is 14.6 Å². The highest BCUT2D eigenvalue weighted by molar-refractivity contribution is 5.95. The fourth-order valence-corrected chi connectivity index (χ4v) is 4.03. The zero-order chi connectivity index (χ0) is 18.7. The second kappa shape index (κ2) is 7.80. The third kappa shape index (κ3) is 4.05.